The number of morpholine rings is 1. The van der Waals surface area contributed by atoms with E-state index in [-0.39, 0.29) is 23.9 Å². The maximum absolute atomic E-state index is 12.5. The number of furan rings is 1. The fourth-order valence-electron chi connectivity index (χ4n) is 2.46. The molecule has 1 aliphatic heterocycles. The lowest BCUT2D eigenvalue weighted by Crippen LogP contribution is -2.40. The van der Waals surface area contributed by atoms with Gasteiger partial charge in [-0.1, -0.05) is 11.6 Å². The van der Waals surface area contributed by atoms with E-state index in [9.17, 15) is 13.2 Å². The van der Waals surface area contributed by atoms with Crippen molar-refractivity contribution >= 4 is 33.2 Å². The number of ether oxygens (including phenoxy) is 2. The number of anilines is 1. The summed E-state index contributed by atoms with van der Waals surface area (Å²) in [5.74, 6) is -0.344. The lowest BCUT2D eigenvalue weighted by molar-refractivity contribution is 0.0723. The number of benzene rings is 1. The second kappa shape index (κ2) is 7.67. The van der Waals surface area contributed by atoms with Gasteiger partial charge >= 0.3 is 0 Å². The van der Waals surface area contributed by atoms with Gasteiger partial charge in [-0.2, -0.15) is 4.31 Å². The molecule has 3 rings (SSSR count). The Kier molecular flexibility index (Phi) is 5.52. The highest BCUT2D eigenvalue weighted by molar-refractivity contribution is 7.89. The first kappa shape index (κ1) is 18.7. The summed E-state index contributed by atoms with van der Waals surface area (Å²) in [5, 5.41) is 2.72. The van der Waals surface area contributed by atoms with Crippen LogP contribution >= 0.6 is 11.6 Å². The van der Waals surface area contributed by atoms with Gasteiger partial charge < -0.3 is 19.2 Å². The molecular formula is C16H17ClN2O6S. The van der Waals surface area contributed by atoms with Crippen LogP contribution in [-0.4, -0.2) is 52.0 Å². The second-order valence-corrected chi connectivity index (χ2v) is 7.74. The molecule has 0 radical (unpaired) electrons. The fraction of sp³-hybridized carbons (Fsp3) is 0.312. The van der Waals surface area contributed by atoms with Crippen molar-refractivity contribution in [2.75, 3.05) is 38.7 Å². The first-order valence-electron chi connectivity index (χ1n) is 7.74. The van der Waals surface area contributed by atoms with E-state index in [0.717, 1.165) is 0 Å². The van der Waals surface area contributed by atoms with Crippen LogP contribution in [0.5, 0.6) is 5.75 Å². The first-order chi connectivity index (χ1) is 12.4. The zero-order valence-electron chi connectivity index (χ0n) is 13.9. The number of hydrogen-bond acceptors (Lipinski definition) is 6. The van der Waals surface area contributed by atoms with Crippen LogP contribution in [0.25, 0.3) is 0 Å². The lowest BCUT2D eigenvalue weighted by Gasteiger charge is -2.24. The molecule has 10 heteroatoms. The zero-order chi connectivity index (χ0) is 18.7. The normalized spacial score (nSPS) is 15.6. The van der Waals surface area contributed by atoms with Crippen molar-refractivity contribution in [1.29, 1.82) is 0 Å². The maximum atomic E-state index is 12.5. The maximum Gasteiger partial charge on any atom is 0.291 e. The summed E-state index contributed by atoms with van der Waals surface area (Å²) >= 11 is 5.93. The van der Waals surface area contributed by atoms with E-state index < -0.39 is 15.9 Å². The SMILES string of the molecule is COc1ccc(Cl)cc1NC(=O)c1ccc(S(=O)(=O)N2CCOCC2)o1. The lowest BCUT2D eigenvalue weighted by atomic mass is 10.3. The molecule has 0 aliphatic carbocycles. The second-order valence-electron chi connectivity index (χ2n) is 5.43. The summed E-state index contributed by atoms with van der Waals surface area (Å²) in [6, 6.07) is 7.31. The minimum atomic E-state index is -3.81. The number of carbonyl (C=O) groups is 1. The molecule has 1 aliphatic rings. The van der Waals surface area contributed by atoms with E-state index in [1.54, 1.807) is 12.1 Å². The summed E-state index contributed by atoms with van der Waals surface area (Å²) in [6.45, 7) is 1.12. The van der Waals surface area contributed by atoms with Gasteiger partial charge in [0, 0.05) is 18.1 Å². The molecule has 8 nitrogen and oxygen atoms in total. The van der Waals surface area contributed by atoms with Crippen LogP contribution in [0.1, 0.15) is 10.6 Å². The van der Waals surface area contributed by atoms with Crippen molar-refractivity contribution in [2.24, 2.45) is 0 Å². The van der Waals surface area contributed by atoms with Crippen molar-refractivity contribution in [2.45, 2.75) is 5.09 Å². The molecule has 26 heavy (non-hydrogen) atoms. The van der Waals surface area contributed by atoms with Gasteiger partial charge in [-0.05, 0) is 30.3 Å². The van der Waals surface area contributed by atoms with Gasteiger partial charge in [-0.15, -0.1) is 0 Å². The minimum absolute atomic E-state index is 0.140. The monoisotopic (exact) mass is 400 g/mol. The van der Waals surface area contributed by atoms with E-state index >= 15 is 0 Å². The highest BCUT2D eigenvalue weighted by Crippen LogP contribution is 2.28. The predicted octanol–water partition coefficient (Wildman–Crippen LogP) is 2.21. The van der Waals surface area contributed by atoms with Crippen LogP contribution in [0.3, 0.4) is 0 Å². The van der Waals surface area contributed by atoms with E-state index in [0.29, 0.717) is 29.7 Å². The quantitative estimate of drug-likeness (QED) is 0.826. The Balaban J connectivity index is 1.79. The Morgan fingerprint density at radius 1 is 1.23 bits per heavy atom. The Morgan fingerprint density at radius 2 is 1.96 bits per heavy atom. The third-order valence-corrected chi connectivity index (χ3v) is 5.79. The summed E-state index contributed by atoms with van der Waals surface area (Å²) in [5.41, 5.74) is 0.346. The number of amides is 1. The number of nitrogens with zero attached hydrogens (tertiary/aromatic N) is 1. The molecule has 1 aromatic carbocycles. The van der Waals surface area contributed by atoms with E-state index in [1.807, 2.05) is 0 Å². The van der Waals surface area contributed by atoms with Gasteiger partial charge in [0.05, 0.1) is 26.0 Å². The molecule has 0 atom stereocenters. The Bertz CT molecular complexity index is 905. The van der Waals surface area contributed by atoms with E-state index in [2.05, 4.69) is 5.32 Å². The van der Waals surface area contributed by atoms with Crippen LogP contribution in [-0.2, 0) is 14.8 Å². The fourth-order valence-corrected chi connectivity index (χ4v) is 3.95. The van der Waals surface area contributed by atoms with Gasteiger partial charge in [-0.3, -0.25) is 4.79 Å². The number of nitrogens with one attached hydrogen (secondary N) is 1. The van der Waals surface area contributed by atoms with Crippen molar-refractivity contribution in [1.82, 2.24) is 4.31 Å². The van der Waals surface area contributed by atoms with Crippen LogP contribution in [0, 0.1) is 0 Å². The Morgan fingerprint density at radius 3 is 2.65 bits per heavy atom. The Hall–Kier alpha value is -2.07. The summed E-state index contributed by atoms with van der Waals surface area (Å²) < 4.78 is 41.9. The van der Waals surface area contributed by atoms with Crippen molar-refractivity contribution in [3.63, 3.8) is 0 Å². The summed E-state index contributed by atoms with van der Waals surface area (Å²) in [7, 11) is -2.35. The molecule has 1 saturated heterocycles. The molecule has 1 fully saturated rings. The van der Waals surface area contributed by atoms with Crippen LogP contribution in [0.15, 0.2) is 39.8 Å². The molecule has 140 valence electrons. The number of sulfonamides is 1. The average molecular weight is 401 g/mol. The van der Waals surface area contributed by atoms with Crippen LogP contribution < -0.4 is 10.1 Å². The molecule has 2 aromatic rings. The van der Waals surface area contributed by atoms with Gasteiger partial charge in [-0.25, -0.2) is 8.42 Å². The van der Waals surface area contributed by atoms with Gasteiger partial charge in [0.1, 0.15) is 5.75 Å². The molecule has 0 saturated carbocycles. The number of halogens is 1. The van der Waals surface area contributed by atoms with E-state index in [1.165, 1.54) is 29.6 Å². The van der Waals surface area contributed by atoms with Crippen molar-refractivity contribution in [3.05, 3.63) is 41.1 Å². The zero-order valence-corrected chi connectivity index (χ0v) is 15.5. The van der Waals surface area contributed by atoms with Gasteiger partial charge in [0.15, 0.2) is 5.76 Å². The molecular weight excluding hydrogens is 384 g/mol. The smallest absolute Gasteiger partial charge is 0.291 e. The third-order valence-electron chi connectivity index (χ3n) is 3.78. The van der Waals surface area contributed by atoms with Crippen molar-refractivity contribution in [3.8, 4) is 5.75 Å². The topological polar surface area (TPSA) is 98.1 Å². The molecule has 1 aromatic heterocycles. The molecule has 1 N–H and O–H groups in total. The number of methoxy groups -OCH3 is 1. The number of carbonyl (C=O) groups excluding carboxylic acids is 1. The highest BCUT2D eigenvalue weighted by atomic mass is 35.5. The summed E-state index contributed by atoms with van der Waals surface area (Å²) in [4.78, 5) is 12.4. The van der Waals surface area contributed by atoms with Crippen molar-refractivity contribution < 1.29 is 27.1 Å². The molecule has 1 amide bonds. The standard InChI is InChI=1S/C16H17ClN2O6S/c1-23-13-3-2-11(17)10-12(13)18-16(20)14-4-5-15(25-14)26(21,22)19-6-8-24-9-7-19/h2-5,10H,6-9H2,1H3,(H,18,20). The highest BCUT2D eigenvalue weighted by Gasteiger charge is 2.30. The molecule has 0 spiro atoms. The number of rotatable bonds is 5. The summed E-state index contributed by atoms with van der Waals surface area (Å²) in [6.07, 6.45) is 0. The Labute approximate surface area is 155 Å². The predicted molar refractivity (Wildman–Crippen MR) is 94.2 cm³/mol. The molecule has 2 heterocycles. The minimum Gasteiger partial charge on any atom is -0.495 e. The van der Waals surface area contributed by atoms with E-state index in [4.69, 9.17) is 25.5 Å². The van der Waals surface area contributed by atoms with Crippen LogP contribution in [0.2, 0.25) is 5.02 Å². The average Bonchev–Trinajstić information content (AvgIpc) is 3.14. The van der Waals surface area contributed by atoms with Gasteiger partial charge in [0.2, 0.25) is 5.09 Å². The molecule has 0 bridgehead atoms. The number of hydrogen-bond donors (Lipinski definition) is 1. The third kappa shape index (κ3) is 3.85. The molecule has 0 unspecified atom stereocenters. The van der Waals surface area contributed by atoms with Gasteiger partial charge in [0.25, 0.3) is 15.9 Å². The van der Waals surface area contributed by atoms with Crippen LogP contribution in [0.4, 0.5) is 5.69 Å². The largest absolute Gasteiger partial charge is 0.495 e. The first-order valence-corrected chi connectivity index (χ1v) is 9.56.